The van der Waals surface area contributed by atoms with Gasteiger partial charge in [-0.1, -0.05) is 42.5 Å². The lowest BCUT2D eigenvalue weighted by Crippen LogP contribution is -2.41. The molecule has 23 heavy (non-hydrogen) atoms. The first-order valence-electron chi connectivity index (χ1n) is 7.73. The van der Waals surface area contributed by atoms with E-state index in [1.165, 1.54) is 11.4 Å². The van der Waals surface area contributed by atoms with Gasteiger partial charge in [0.1, 0.15) is 17.7 Å². The number of benzene rings is 2. The molecule has 0 amide bonds. The number of nitrogens with zero attached hydrogens (tertiary/aromatic N) is 3. The summed E-state index contributed by atoms with van der Waals surface area (Å²) in [6.07, 6.45) is 3.72. The standard InChI is InChI=1S/C20H17N3/c21-14-17(15-22)11-16-12-20(13-16)23(18-7-3-1-4-8-18)19-9-5-2-6-10-19/h1-11,16,20H,12-13H2. The van der Waals surface area contributed by atoms with Gasteiger partial charge in [0.25, 0.3) is 0 Å². The molecule has 0 aromatic heterocycles. The van der Waals surface area contributed by atoms with Gasteiger partial charge in [0.05, 0.1) is 0 Å². The SMILES string of the molecule is N#CC(C#N)=CC1CC(N(c2ccccc2)c2ccccc2)C1. The summed E-state index contributed by atoms with van der Waals surface area (Å²) in [5.74, 6) is 0.309. The van der Waals surface area contributed by atoms with Gasteiger partial charge in [-0.25, -0.2) is 0 Å². The second-order valence-corrected chi connectivity index (χ2v) is 5.73. The summed E-state index contributed by atoms with van der Waals surface area (Å²) in [7, 11) is 0. The number of para-hydroxylation sites is 2. The number of hydrogen-bond acceptors (Lipinski definition) is 3. The minimum Gasteiger partial charge on any atom is -0.338 e. The van der Waals surface area contributed by atoms with E-state index < -0.39 is 0 Å². The molecular formula is C20H17N3. The van der Waals surface area contributed by atoms with Crippen molar-refractivity contribution in [2.45, 2.75) is 18.9 Å². The van der Waals surface area contributed by atoms with E-state index in [2.05, 4.69) is 29.2 Å². The zero-order valence-electron chi connectivity index (χ0n) is 12.8. The quantitative estimate of drug-likeness (QED) is 0.777. The summed E-state index contributed by atoms with van der Waals surface area (Å²) in [6, 6.07) is 25.0. The summed E-state index contributed by atoms with van der Waals surface area (Å²) < 4.78 is 0. The van der Waals surface area contributed by atoms with Crippen molar-refractivity contribution in [2.24, 2.45) is 5.92 Å². The molecule has 1 aliphatic rings. The maximum atomic E-state index is 8.87. The van der Waals surface area contributed by atoms with Crippen LogP contribution in [-0.4, -0.2) is 6.04 Å². The molecular weight excluding hydrogens is 282 g/mol. The van der Waals surface area contributed by atoms with Gasteiger partial charge < -0.3 is 4.90 Å². The van der Waals surface area contributed by atoms with Crippen LogP contribution in [0.5, 0.6) is 0 Å². The minimum absolute atomic E-state index is 0.222. The third-order valence-corrected chi connectivity index (χ3v) is 4.23. The Balaban J connectivity index is 1.82. The summed E-state index contributed by atoms with van der Waals surface area (Å²) in [5, 5.41) is 17.7. The molecule has 0 radical (unpaired) electrons. The number of hydrogen-bond donors (Lipinski definition) is 0. The van der Waals surface area contributed by atoms with Crippen molar-refractivity contribution in [3.63, 3.8) is 0 Å². The third-order valence-electron chi connectivity index (χ3n) is 4.23. The maximum Gasteiger partial charge on any atom is 0.125 e. The normalized spacial score (nSPS) is 18.9. The fraction of sp³-hybridized carbons (Fsp3) is 0.200. The van der Waals surface area contributed by atoms with Crippen LogP contribution in [0.25, 0.3) is 0 Å². The van der Waals surface area contributed by atoms with E-state index in [4.69, 9.17) is 10.5 Å². The number of nitriles is 2. The van der Waals surface area contributed by atoms with Crippen LogP contribution in [0, 0.1) is 28.6 Å². The lowest BCUT2D eigenvalue weighted by molar-refractivity contribution is 0.320. The molecule has 112 valence electrons. The monoisotopic (exact) mass is 299 g/mol. The molecule has 1 saturated carbocycles. The van der Waals surface area contributed by atoms with Gasteiger partial charge in [-0.3, -0.25) is 0 Å². The van der Waals surface area contributed by atoms with E-state index in [9.17, 15) is 0 Å². The maximum absolute atomic E-state index is 8.87. The zero-order chi connectivity index (χ0) is 16.1. The van der Waals surface area contributed by atoms with Crippen molar-refractivity contribution >= 4 is 11.4 Å². The second kappa shape index (κ2) is 6.81. The largest absolute Gasteiger partial charge is 0.338 e. The topological polar surface area (TPSA) is 50.8 Å². The summed E-state index contributed by atoms with van der Waals surface area (Å²) in [6.45, 7) is 0. The highest BCUT2D eigenvalue weighted by molar-refractivity contribution is 5.64. The molecule has 0 saturated heterocycles. The Morgan fingerprint density at radius 1 is 0.870 bits per heavy atom. The van der Waals surface area contributed by atoms with Crippen LogP contribution >= 0.6 is 0 Å². The summed E-state index contributed by atoms with van der Waals surface area (Å²) in [5.41, 5.74) is 2.57. The van der Waals surface area contributed by atoms with Crippen LogP contribution in [0.2, 0.25) is 0 Å². The lowest BCUT2D eigenvalue weighted by atomic mass is 9.78. The van der Waals surface area contributed by atoms with Crippen molar-refractivity contribution < 1.29 is 0 Å². The van der Waals surface area contributed by atoms with Crippen molar-refractivity contribution in [3.05, 3.63) is 72.3 Å². The van der Waals surface area contributed by atoms with E-state index in [1.807, 2.05) is 54.6 Å². The molecule has 0 heterocycles. The fourth-order valence-electron chi connectivity index (χ4n) is 3.06. The second-order valence-electron chi connectivity index (χ2n) is 5.73. The Labute approximate surface area is 136 Å². The van der Waals surface area contributed by atoms with Gasteiger partial charge >= 0.3 is 0 Å². The highest BCUT2D eigenvalue weighted by Crippen LogP contribution is 2.40. The van der Waals surface area contributed by atoms with Crippen molar-refractivity contribution in [1.82, 2.24) is 0 Å². The van der Waals surface area contributed by atoms with Gasteiger partial charge in [0.2, 0.25) is 0 Å². The van der Waals surface area contributed by atoms with Crippen molar-refractivity contribution in [3.8, 4) is 12.1 Å². The van der Waals surface area contributed by atoms with Crippen LogP contribution in [0.3, 0.4) is 0 Å². The molecule has 2 aromatic carbocycles. The fourth-order valence-corrected chi connectivity index (χ4v) is 3.06. The van der Waals surface area contributed by atoms with Crippen LogP contribution in [0.1, 0.15) is 12.8 Å². The Morgan fingerprint density at radius 2 is 1.35 bits per heavy atom. The first-order chi connectivity index (χ1) is 11.3. The molecule has 3 rings (SSSR count). The van der Waals surface area contributed by atoms with E-state index in [1.54, 1.807) is 0 Å². The predicted octanol–water partition coefficient (Wildman–Crippen LogP) is 4.58. The highest BCUT2D eigenvalue weighted by Gasteiger charge is 2.33. The molecule has 1 aliphatic carbocycles. The van der Waals surface area contributed by atoms with Gasteiger partial charge in [-0.15, -0.1) is 0 Å². The van der Waals surface area contributed by atoms with Crippen LogP contribution in [0.15, 0.2) is 72.3 Å². The molecule has 0 spiro atoms. The summed E-state index contributed by atoms with van der Waals surface area (Å²) in [4.78, 5) is 2.35. The number of anilines is 2. The Morgan fingerprint density at radius 3 is 1.78 bits per heavy atom. The molecule has 0 bridgehead atoms. The molecule has 3 nitrogen and oxygen atoms in total. The molecule has 0 unspecified atom stereocenters. The van der Waals surface area contributed by atoms with Crippen molar-refractivity contribution in [1.29, 1.82) is 10.5 Å². The van der Waals surface area contributed by atoms with Gasteiger partial charge in [0, 0.05) is 17.4 Å². The minimum atomic E-state index is 0.222. The third kappa shape index (κ3) is 3.25. The first-order valence-corrected chi connectivity index (χ1v) is 7.73. The van der Waals surface area contributed by atoms with Crippen molar-refractivity contribution in [2.75, 3.05) is 4.90 Å². The smallest absolute Gasteiger partial charge is 0.125 e. The first kappa shape index (κ1) is 14.9. The molecule has 0 N–H and O–H groups in total. The lowest BCUT2D eigenvalue weighted by Gasteiger charge is -2.43. The molecule has 2 aromatic rings. The highest BCUT2D eigenvalue weighted by atomic mass is 15.2. The van der Waals surface area contributed by atoms with E-state index >= 15 is 0 Å². The molecule has 1 fully saturated rings. The van der Waals surface area contributed by atoms with E-state index in [0.717, 1.165) is 12.8 Å². The van der Waals surface area contributed by atoms with Gasteiger partial charge in [-0.2, -0.15) is 10.5 Å². The van der Waals surface area contributed by atoms with Crippen LogP contribution in [-0.2, 0) is 0 Å². The zero-order valence-corrected chi connectivity index (χ0v) is 12.8. The molecule has 3 heteroatoms. The Kier molecular flexibility index (Phi) is 4.41. The molecule has 0 aliphatic heterocycles. The average molecular weight is 299 g/mol. The average Bonchev–Trinajstić information content (AvgIpc) is 2.58. The Hall–Kier alpha value is -3.04. The summed E-state index contributed by atoms with van der Waals surface area (Å²) >= 11 is 0. The van der Waals surface area contributed by atoms with Gasteiger partial charge in [0.15, 0.2) is 0 Å². The molecule has 0 atom stereocenters. The van der Waals surface area contributed by atoms with E-state index in [0.29, 0.717) is 12.0 Å². The predicted molar refractivity (Wildman–Crippen MR) is 90.8 cm³/mol. The Bertz CT molecular complexity index is 705. The van der Waals surface area contributed by atoms with Gasteiger partial charge in [-0.05, 0) is 43.0 Å². The van der Waals surface area contributed by atoms with Crippen LogP contribution in [0.4, 0.5) is 11.4 Å². The number of allylic oxidation sites excluding steroid dienone is 2. The van der Waals surface area contributed by atoms with E-state index in [-0.39, 0.29) is 5.57 Å². The number of rotatable bonds is 4. The van der Waals surface area contributed by atoms with Crippen LogP contribution < -0.4 is 4.90 Å².